The van der Waals surface area contributed by atoms with Crippen molar-refractivity contribution in [3.63, 3.8) is 0 Å². The molecule has 0 aliphatic heterocycles. The fourth-order valence-electron chi connectivity index (χ4n) is 0.465. The molecule has 4 heteroatoms. The second-order valence-electron chi connectivity index (χ2n) is 3.71. The van der Waals surface area contributed by atoms with Crippen molar-refractivity contribution in [2.45, 2.75) is 26.8 Å². The molecule has 0 unspecified atom stereocenters. The highest BCUT2D eigenvalue weighted by molar-refractivity contribution is 4.78. The van der Waals surface area contributed by atoms with Crippen molar-refractivity contribution in [3.05, 3.63) is 12.3 Å². The van der Waals surface area contributed by atoms with E-state index >= 15 is 0 Å². The van der Waals surface area contributed by atoms with E-state index in [9.17, 15) is 8.78 Å². The number of halogens is 2. The van der Waals surface area contributed by atoms with Gasteiger partial charge < -0.3 is 10.5 Å². The standard InChI is InChI=1S/C8H15F2NO/c1-8(2,3)6(11)4-12-5-7(9)10/h5-6H,4,11H2,1-3H3/t6-/m1/s1. The number of rotatable bonds is 3. The van der Waals surface area contributed by atoms with Gasteiger partial charge in [-0.1, -0.05) is 20.8 Å². The summed E-state index contributed by atoms with van der Waals surface area (Å²) in [6.07, 6.45) is -1.41. The predicted octanol–water partition coefficient (Wildman–Crippen LogP) is 2.11. The fraction of sp³-hybridized carbons (Fsp3) is 0.750. The van der Waals surface area contributed by atoms with Crippen molar-refractivity contribution >= 4 is 0 Å². The Labute approximate surface area is 71.4 Å². The Morgan fingerprint density at radius 3 is 2.33 bits per heavy atom. The van der Waals surface area contributed by atoms with Gasteiger partial charge in [-0.3, -0.25) is 0 Å². The molecule has 0 saturated heterocycles. The maximum Gasteiger partial charge on any atom is 0.304 e. The lowest BCUT2D eigenvalue weighted by Gasteiger charge is -2.25. The third kappa shape index (κ3) is 5.07. The molecule has 0 aliphatic rings. The second kappa shape index (κ2) is 4.40. The molecule has 0 aromatic carbocycles. The Kier molecular flexibility index (Phi) is 4.17. The summed E-state index contributed by atoms with van der Waals surface area (Å²) in [4.78, 5) is 0. The lowest BCUT2D eigenvalue weighted by molar-refractivity contribution is 0.156. The molecule has 2 N–H and O–H groups in total. The molecule has 0 heterocycles. The van der Waals surface area contributed by atoms with Crippen molar-refractivity contribution < 1.29 is 13.5 Å². The molecule has 0 aliphatic carbocycles. The molecule has 0 fully saturated rings. The summed E-state index contributed by atoms with van der Waals surface area (Å²) in [7, 11) is 0. The Hall–Kier alpha value is -0.640. The Balaban J connectivity index is 3.73. The van der Waals surface area contributed by atoms with Crippen LogP contribution in [0, 0.1) is 5.41 Å². The molecule has 1 atom stereocenters. The number of hydrogen-bond acceptors (Lipinski definition) is 2. The van der Waals surface area contributed by atoms with E-state index in [1.54, 1.807) is 0 Å². The van der Waals surface area contributed by atoms with Gasteiger partial charge in [0, 0.05) is 6.04 Å². The van der Waals surface area contributed by atoms with Crippen LogP contribution in [-0.2, 0) is 4.74 Å². The van der Waals surface area contributed by atoms with Crippen LogP contribution < -0.4 is 5.73 Å². The van der Waals surface area contributed by atoms with Crippen LogP contribution in [0.1, 0.15) is 20.8 Å². The van der Waals surface area contributed by atoms with Gasteiger partial charge in [-0.2, -0.15) is 8.78 Å². The van der Waals surface area contributed by atoms with E-state index in [4.69, 9.17) is 5.73 Å². The molecule has 2 nitrogen and oxygen atoms in total. The fourth-order valence-corrected chi connectivity index (χ4v) is 0.465. The molecule has 72 valence electrons. The summed E-state index contributed by atoms with van der Waals surface area (Å²) in [5.41, 5.74) is 5.51. The van der Waals surface area contributed by atoms with E-state index in [0.717, 1.165) is 0 Å². The molecule has 0 radical (unpaired) electrons. The van der Waals surface area contributed by atoms with Gasteiger partial charge >= 0.3 is 6.08 Å². The molecule has 0 amide bonds. The van der Waals surface area contributed by atoms with Crippen LogP contribution in [0.5, 0.6) is 0 Å². The van der Waals surface area contributed by atoms with Crippen molar-refractivity contribution in [1.29, 1.82) is 0 Å². The third-order valence-electron chi connectivity index (χ3n) is 1.56. The summed E-state index contributed by atoms with van der Waals surface area (Å²) in [5.74, 6) is 0. The van der Waals surface area contributed by atoms with E-state index in [1.807, 2.05) is 20.8 Å². The topological polar surface area (TPSA) is 35.2 Å². The maximum absolute atomic E-state index is 11.5. The zero-order valence-electron chi connectivity index (χ0n) is 7.60. The zero-order chi connectivity index (χ0) is 9.78. The summed E-state index contributed by atoms with van der Waals surface area (Å²) in [6.45, 7) is 5.89. The zero-order valence-corrected chi connectivity index (χ0v) is 7.60. The first-order valence-electron chi connectivity index (χ1n) is 3.72. The van der Waals surface area contributed by atoms with Gasteiger partial charge in [0.05, 0.1) is 0 Å². The van der Waals surface area contributed by atoms with Crippen molar-refractivity contribution in [2.24, 2.45) is 11.1 Å². The van der Waals surface area contributed by atoms with Crippen LogP contribution in [-0.4, -0.2) is 12.6 Å². The van der Waals surface area contributed by atoms with Gasteiger partial charge in [-0.15, -0.1) is 0 Å². The number of hydrogen-bond donors (Lipinski definition) is 1. The third-order valence-corrected chi connectivity index (χ3v) is 1.56. The first kappa shape index (κ1) is 11.4. The highest BCUT2D eigenvalue weighted by Crippen LogP contribution is 2.17. The predicted molar refractivity (Wildman–Crippen MR) is 43.7 cm³/mol. The van der Waals surface area contributed by atoms with Crippen LogP contribution in [0.4, 0.5) is 8.78 Å². The quantitative estimate of drug-likeness (QED) is 0.673. The van der Waals surface area contributed by atoms with E-state index in [-0.39, 0.29) is 18.1 Å². The van der Waals surface area contributed by atoms with E-state index in [1.165, 1.54) is 0 Å². The summed E-state index contributed by atoms with van der Waals surface area (Å²) in [6, 6.07) is -0.243. The van der Waals surface area contributed by atoms with Crippen LogP contribution in [0.3, 0.4) is 0 Å². The molecule has 0 saturated carbocycles. The molecule has 12 heavy (non-hydrogen) atoms. The average molecular weight is 179 g/mol. The summed E-state index contributed by atoms with van der Waals surface area (Å²) >= 11 is 0. The van der Waals surface area contributed by atoms with Crippen molar-refractivity contribution in [1.82, 2.24) is 0 Å². The van der Waals surface area contributed by atoms with Gasteiger partial charge in [0.15, 0.2) is 0 Å². The molecule has 0 spiro atoms. The van der Waals surface area contributed by atoms with Crippen molar-refractivity contribution in [3.8, 4) is 0 Å². The molecule has 0 bridgehead atoms. The first-order valence-corrected chi connectivity index (χ1v) is 3.72. The molecular formula is C8H15F2NO. The lowest BCUT2D eigenvalue weighted by Crippen LogP contribution is -2.38. The monoisotopic (exact) mass is 179 g/mol. The minimum absolute atomic E-state index is 0.112. The average Bonchev–Trinajstić information content (AvgIpc) is 1.84. The van der Waals surface area contributed by atoms with E-state index in [2.05, 4.69) is 4.74 Å². The largest absolute Gasteiger partial charge is 0.494 e. The van der Waals surface area contributed by atoms with Crippen molar-refractivity contribution in [2.75, 3.05) is 6.61 Å². The lowest BCUT2D eigenvalue weighted by atomic mass is 9.88. The Morgan fingerprint density at radius 2 is 2.00 bits per heavy atom. The van der Waals surface area contributed by atoms with Crippen LogP contribution in [0.2, 0.25) is 0 Å². The maximum atomic E-state index is 11.5. The molecular weight excluding hydrogens is 164 g/mol. The van der Waals surface area contributed by atoms with E-state index in [0.29, 0.717) is 6.26 Å². The summed E-state index contributed by atoms with van der Waals surface area (Å²) < 4.78 is 27.5. The minimum atomic E-state index is -1.84. The van der Waals surface area contributed by atoms with Crippen LogP contribution >= 0.6 is 0 Å². The molecule has 0 aromatic rings. The highest BCUT2D eigenvalue weighted by atomic mass is 19.3. The second-order valence-corrected chi connectivity index (χ2v) is 3.71. The molecule has 0 aromatic heterocycles. The minimum Gasteiger partial charge on any atom is -0.494 e. The number of ether oxygens (including phenoxy) is 1. The SMILES string of the molecule is CC(C)(C)[C@H](N)COC=C(F)F. The van der Waals surface area contributed by atoms with Gasteiger partial charge in [-0.25, -0.2) is 0 Å². The van der Waals surface area contributed by atoms with Gasteiger partial charge in [0.2, 0.25) is 0 Å². The van der Waals surface area contributed by atoms with Gasteiger partial charge in [-0.05, 0) is 5.41 Å². The van der Waals surface area contributed by atoms with Gasteiger partial charge in [0.25, 0.3) is 0 Å². The Morgan fingerprint density at radius 1 is 1.50 bits per heavy atom. The van der Waals surface area contributed by atoms with Crippen LogP contribution in [0.25, 0.3) is 0 Å². The van der Waals surface area contributed by atoms with Crippen LogP contribution in [0.15, 0.2) is 12.3 Å². The highest BCUT2D eigenvalue weighted by Gasteiger charge is 2.20. The Bertz CT molecular complexity index is 159. The van der Waals surface area contributed by atoms with Gasteiger partial charge in [0.1, 0.15) is 12.9 Å². The smallest absolute Gasteiger partial charge is 0.304 e. The summed E-state index contributed by atoms with van der Waals surface area (Å²) in [5, 5.41) is 0. The van der Waals surface area contributed by atoms with E-state index < -0.39 is 6.08 Å². The number of nitrogens with two attached hydrogens (primary N) is 1. The normalized spacial score (nSPS) is 13.8. The first-order chi connectivity index (χ1) is 5.34. The molecule has 0 rings (SSSR count).